The van der Waals surface area contributed by atoms with Gasteiger partial charge in [-0.2, -0.15) is 5.10 Å². The number of H-pyrrole nitrogens is 1. The largest absolute Gasteiger partial charge is 0.343 e. The molecule has 1 heterocycles. The zero-order chi connectivity index (χ0) is 13.7. The summed E-state index contributed by atoms with van der Waals surface area (Å²) in [7, 11) is 0. The van der Waals surface area contributed by atoms with Crippen LogP contribution in [0.15, 0.2) is 36.5 Å². The first-order valence-corrected chi connectivity index (χ1v) is 5.86. The fraction of sp³-hybridized carbons (Fsp3) is 0.0833. The fourth-order valence-electron chi connectivity index (χ4n) is 1.41. The van der Waals surface area contributed by atoms with Crippen molar-refractivity contribution in [3.63, 3.8) is 0 Å². The molecule has 0 atom stereocenters. The molecule has 0 saturated heterocycles. The third-order valence-electron chi connectivity index (χ3n) is 2.27. The molecule has 0 aliphatic carbocycles. The van der Waals surface area contributed by atoms with Gasteiger partial charge in [-0.3, -0.25) is 14.7 Å². The van der Waals surface area contributed by atoms with E-state index in [1.165, 1.54) is 12.3 Å². The fourth-order valence-corrected chi connectivity index (χ4v) is 1.60. The number of benzene rings is 1. The molecule has 1 aromatic heterocycles. The number of anilines is 1. The summed E-state index contributed by atoms with van der Waals surface area (Å²) in [6.45, 7) is -0.135. The predicted molar refractivity (Wildman–Crippen MR) is 71.0 cm³/mol. The van der Waals surface area contributed by atoms with Crippen molar-refractivity contribution in [2.24, 2.45) is 0 Å². The Bertz CT molecular complexity index is 583. The van der Waals surface area contributed by atoms with E-state index in [1.807, 2.05) is 0 Å². The van der Waals surface area contributed by atoms with Crippen molar-refractivity contribution in [1.29, 1.82) is 0 Å². The van der Waals surface area contributed by atoms with Crippen LogP contribution in [0.4, 0.5) is 5.82 Å². The number of hydrogen-bond donors (Lipinski definition) is 3. The van der Waals surface area contributed by atoms with Crippen LogP contribution in [0.3, 0.4) is 0 Å². The Hall–Kier alpha value is -2.34. The normalized spacial score (nSPS) is 9.95. The lowest BCUT2D eigenvalue weighted by Crippen LogP contribution is -2.32. The third-order valence-corrected chi connectivity index (χ3v) is 2.51. The molecule has 0 bridgehead atoms. The van der Waals surface area contributed by atoms with Gasteiger partial charge in [-0.05, 0) is 18.2 Å². The Kier molecular flexibility index (Phi) is 4.15. The highest BCUT2D eigenvalue weighted by atomic mass is 35.5. The van der Waals surface area contributed by atoms with Crippen molar-refractivity contribution < 1.29 is 9.59 Å². The lowest BCUT2D eigenvalue weighted by Gasteiger charge is -2.05. The summed E-state index contributed by atoms with van der Waals surface area (Å²) in [4.78, 5) is 23.2. The van der Waals surface area contributed by atoms with E-state index in [0.29, 0.717) is 16.4 Å². The molecular weight excluding hydrogens is 268 g/mol. The maximum atomic E-state index is 11.7. The Balaban J connectivity index is 1.85. The van der Waals surface area contributed by atoms with Crippen LogP contribution in [-0.4, -0.2) is 28.6 Å². The average molecular weight is 279 g/mol. The summed E-state index contributed by atoms with van der Waals surface area (Å²) in [6, 6.07) is 8.10. The molecule has 0 aliphatic rings. The van der Waals surface area contributed by atoms with Crippen molar-refractivity contribution in [3.05, 3.63) is 47.1 Å². The number of carbonyl (C=O) groups is 2. The predicted octanol–water partition coefficient (Wildman–Crippen LogP) is 1.43. The highest BCUT2D eigenvalue weighted by Crippen LogP contribution is 2.10. The first-order chi connectivity index (χ1) is 9.15. The minimum Gasteiger partial charge on any atom is -0.343 e. The second-order valence-electron chi connectivity index (χ2n) is 3.71. The Morgan fingerprint density at radius 3 is 2.84 bits per heavy atom. The van der Waals surface area contributed by atoms with Gasteiger partial charge in [-0.1, -0.05) is 17.7 Å². The summed E-state index contributed by atoms with van der Waals surface area (Å²) in [5, 5.41) is 11.8. The van der Waals surface area contributed by atoms with E-state index in [-0.39, 0.29) is 18.4 Å². The minimum atomic E-state index is -0.359. The summed E-state index contributed by atoms with van der Waals surface area (Å²) in [6.07, 6.45) is 1.51. The minimum absolute atomic E-state index is 0.135. The van der Waals surface area contributed by atoms with E-state index in [1.54, 1.807) is 24.3 Å². The van der Waals surface area contributed by atoms with E-state index in [2.05, 4.69) is 20.8 Å². The van der Waals surface area contributed by atoms with Crippen molar-refractivity contribution in [2.75, 3.05) is 11.9 Å². The van der Waals surface area contributed by atoms with Crippen molar-refractivity contribution in [3.8, 4) is 0 Å². The molecule has 1 aromatic carbocycles. The number of aromatic nitrogens is 2. The number of rotatable bonds is 4. The molecule has 0 unspecified atom stereocenters. The van der Waals surface area contributed by atoms with E-state index in [4.69, 9.17) is 11.6 Å². The summed E-state index contributed by atoms with van der Waals surface area (Å²) < 4.78 is 0. The molecule has 0 spiro atoms. The number of nitrogens with zero attached hydrogens (tertiary/aromatic N) is 1. The number of halogens is 1. The van der Waals surface area contributed by atoms with Gasteiger partial charge in [0.15, 0.2) is 0 Å². The van der Waals surface area contributed by atoms with Crippen molar-refractivity contribution in [2.45, 2.75) is 0 Å². The van der Waals surface area contributed by atoms with E-state index in [0.717, 1.165) is 0 Å². The van der Waals surface area contributed by atoms with Gasteiger partial charge in [-0.15, -0.1) is 0 Å². The molecule has 7 heteroatoms. The van der Waals surface area contributed by atoms with Gasteiger partial charge in [0.25, 0.3) is 5.91 Å². The Morgan fingerprint density at radius 2 is 2.16 bits per heavy atom. The van der Waals surface area contributed by atoms with Crippen LogP contribution in [0.2, 0.25) is 5.02 Å². The smallest absolute Gasteiger partial charge is 0.251 e. The second kappa shape index (κ2) is 6.01. The first kappa shape index (κ1) is 13.1. The SMILES string of the molecule is O=C(CNC(=O)c1cccc(Cl)c1)Nc1ccn[nH]1. The Labute approximate surface area is 114 Å². The molecule has 2 amide bonds. The molecule has 0 saturated carbocycles. The number of carbonyl (C=O) groups excluding carboxylic acids is 2. The van der Waals surface area contributed by atoms with Gasteiger partial charge in [-0.25, -0.2) is 0 Å². The summed E-state index contributed by atoms with van der Waals surface area (Å²) >= 11 is 5.78. The molecule has 0 aliphatic heterocycles. The second-order valence-corrected chi connectivity index (χ2v) is 4.15. The summed E-state index contributed by atoms with van der Waals surface area (Å²) in [5.74, 6) is -0.233. The van der Waals surface area contributed by atoms with Crippen LogP contribution in [0.1, 0.15) is 10.4 Å². The highest BCUT2D eigenvalue weighted by Gasteiger charge is 2.08. The zero-order valence-electron chi connectivity index (χ0n) is 9.81. The van der Waals surface area contributed by atoms with Gasteiger partial charge in [0, 0.05) is 16.7 Å². The van der Waals surface area contributed by atoms with Crippen molar-refractivity contribution >= 4 is 29.2 Å². The number of amides is 2. The molecular formula is C12H11ClN4O2. The molecule has 2 rings (SSSR count). The van der Waals surface area contributed by atoms with E-state index < -0.39 is 0 Å². The van der Waals surface area contributed by atoms with Gasteiger partial charge < -0.3 is 10.6 Å². The standard InChI is InChI=1S/C12H11ClN4O2/c13-9-3-1-2-8(6-9)12(19)14-7-11(18)16-10-4-5-15-17-10/h1-6H,7H2,(H,14,19)(H2,15,16,17,18). The molecule has 3 N–H and O–H groups in total. The maximum absolute atomic E-state index is 11.7. The first-order valence-electron chi connectivity index (χ1n) is 5.48. The number of aromatic amines is 1. The maximum Gasteiger partial charge on any atom is 0.251 e. The molecule has 0 fully saturated rings. The topological polar surface area (TPSA) is 86.9 Å². The average Bonchev–Trinajstić information content (AvgIpc) is 2.88. The van der Waals surface area contributed by atoms with Gasteiger partial charge in [0.05, 0.1) is 12.7 Å². The molecule has 2 aromatic rings. The van der Waals surface area contributed by atoms with Crippen LogP contribution in [-0.2, 0) is 4.79 Å². The van der Waals surface area contributed by atoms with Gasteiger partial charge in [0.1, 0.15) is 5.82 Å². The summed E-state index contributed by atoms with van der Waals surface area (Å²) in [5.41, 5.74) is 0.404. The zero-order valence-corrected chi connectivity index (χ0v) is 10.6. The monoisotopic (exact) mass is 278 g/mol. The third kappa shape index (κ3) is 3.82. The highest BCUT2D eigenvalue weighted by molar-refractivity contribution is 6.30. The lowest BCUT2D eigenvalue weighted by atomic mass is 10.2. The van der Waals surface area contributed by atoms with Crippen LogP contribution < -0.4 is 10.6 Å². The van der Waals surface area contributed by atoms with Crippen molar-refractivity contribution in [1.82, 2.24) is 15.5 Å². The van der Waals surface area contributed by atoms with Gasteiger partial charge in [0.2, 0.25) is 5.91 Å². The molecule has 98 valence electrons. The quantitative estimate of drug-likeness (QED) is 0.791. The number of hydrogen-bond acceptors (Lipinski definition) is 3. The molecule has 19 heavy (non-hydrogen) atoms. The van der Waals surface area contributed by atoms with Crippen LogP contribution >= 0.6 is 11.6 Å². The molecule has 0 radical (unpaired) electrons. The lowest BCUT2D eigenvalue weighted by molar-refractivity contribution is -0.115. The van der Waals surface area contributed by atoms with Crippen LogP contribution in [0, 0.1) is 0 Å². The van der Waals surface area contributed by atoms with E-state index in [9.17, 15) is 9.59 Å². The van der Waals surface area contributed by atoms with Crippen LogP contribution in [0.25, 0.3) is 0 Å². The van der Waals surface area contributed by atoms with Crippen LogP contribution in [0.5, 0.6) is 0 Å². The molecule has 6 nitrogen and oxygen atoms in total. The number of nitrogens with one attached hydrogen (secondary N) is 3. The Morgan fingerprint density at radius 1 is 1.32 bits per heavy atom. The van der Waals surface area contributed by atoms with E-state index >= 15 is 0 Å². The van der Waals surface area contributed by atoms with Gasteiger partial charge >= 0.3 is 0 Å².